The molecule has 0 saturated heterocycles. The smallest absolute Gasteiger partial charge is 0.255 e. The van der Waals surface area contributed by atoms with Gasteiger partial charge in [-0.1, -0.05) is 12.1 Å². The summed E-state index contributed by atoms with van der Waals surface area (Å²) >= 11 is 0. The number of para-hydroxylation sites is 1. The summed E-state index contributed by atoms with van der Waals surface area (Å²) in [5.41, 5.74) is 2.88. The van der Waals surface area contributed by atoms with Crippen LogP contribution in [0, 0.1) is 0 Å². The Morgan fingerprint density at radius 2 is 2.00 bits per heavy atom. The molecule has 0 radical (unpaired) electrons. The second-order valence-corrected chi connectivity index (χ2v) is 5.23. The zero-order valence-electron chi connectivity index (χ0n) is 11.2. The number of anilines is 1. The van der Waals surface area contributed by atoms with E-state index in [4.69, 9.17) is 0 Å². The third-order valence-electron chi connectivity index (χ3n) is 4.03. The van der Waals surface area contributed by atoms with Gasteiger partial charge in [-0.05, 0) is 18.2 Å². The molecule has 21 heavy (non-hydrogen) atoms. The molecule has 0 bridgehead atoms. The topological polar surface area (TPSA) is 62.3 Å². The fraction of sp³-hybridized carbons (Fsp3) is 0.188. The minimum Gasteiger partial charge on any atom is -0.346 e. The first-order valence-corrected chi connectivity index (χ1v) is 6.89. The Morgan fingerprint density at radius 1 is 1.14 bits per heavy atom. The van der Waals surface area contributed by atoms with E-state index in [0.717, 1.165) is 11.3 Å². The van der Waals surface area contributed by atoms with Crippen molar-refractivity contribution in [3.05, 3.63) is 59.4 Å². The van der Waals surface area contributed by atoms with Crippen molar-refractivity contribution in [3.8, 4) is 0 Å². The monoisotopic (exact) mass is 279 g/mol. The molecule has 0 spiro atoms. The van der Waals surface area contributed by atoms with Gasteiger partial charge in [-0.3, -0.25) is 14.6 Å². The van der Waals surface area contributed by atoms with E-state index in [0.29, 0.717) is 24.1 Å². The molecular formula is C16H13N3O2. The molecule has 2 aliphatic rings. The Labute approximate surface area is 121 Å². The largest absolute Gasteiger partial charge is 0.346 e. The Hall–Kier alpha value is -2.69. The Morgan fingerprint density at radius 3 is 2.81 bits per heavy atom. The average Bonchev–Trinajstić information content (AvgIpc) is 2.53. The van der Waals surface area contributed by atoms with Gasteiger partial charge in [0.1, 0.15) is 6.17 Å². The van der Waals surface area contributed by atoms with Crippen molar-refractivity contribution in [1.82, 2.24) is 10.3 Å². The number of amides is 1. The first-order valence-electron chi connectivity index (χ1n) is 6.89. The van der Waals surface area contributed by atoms with Gasteiger partial charge in [0.15, 0.2) is 5.78 Å². The second kappa shape index (κ2) is 4.41. The zero-order chi connectivity index (χ0) is 14.4. The lowest BCUT2D eigenvalue weighted by Crippen LogP contribution is -2.49. The van der Waals surface area contributed by atoms with Crippen molar-refractivity contribution >= 4 is 17.4 Å². The minimum atomic E-state index is -0.270. The van der Waals surface area contributed by atoms with E-state index < -0.39 is 0 Å². The zero-order valence-corrected chi connectivity index (χ0v) is 11.2. The van der Waals surface area contributed by atoms with Gasteiger partial charge in [-0.2, -0.15) is 0 Å². The van der Waals surface area contributed by atoms with Gasteiger partial charge >= 0.3 is 0 Å². The molecule has 2 aliphatic heterocycles. The number of nitrogens with one attached hydrogen (secondary N) is 1. The molecule has 104 valence electrons. The van der Waals surface area contributed by atoms with Crippen LogP contribution in [0.3, 0.4) is 0 Å². The van der Waals surface area contributed by atoms with Crippen LogP contribution in [0.15, 0.2) is 42.7 Å². The lowest BCUT2D eigenvalue weighted by atomic mass is 9.93. The lowest BCUT2D eigenvalue weighted by Gasteiger charge is -2.42. The third kappa shape index (κ3) is 1.74. The number of benzene rings is 1. The highest BCUT2D eigenvalue weighted by atomic mass is 16.2. The number of hydrogen-bond donors (Lipinski definition) is 1. The summed E-state index contributed by atoms with van der Waals surface area (Å²) in [4.78, 5) is 30.7. The average molecular weight is 279 g/mol. The number of aromatic nitrogens is 1. The predicted molar refractivity (Wildman–Crippen MR) is 77.2 cm³/mol. The quantitative estimate of drug-likeness (QED) is 0.866. The highest BCUT2D eigenvalue weighted by Crippen LogP contribution is 2.38. The standard InChI is InChI=1S/C16H13N3O2/c20-13-6-8-19-14-11(13)4-1-5-12(14)16(21)18-15(19)10-3-2-7-17-9-10/h1-5,7,9,15H,6,8H2,(H,18,21). The van der Waals surface area contributed by atoms with Crippen molar-refractivity contribution in [3.63, 3.8) is 0 Å². The molecule has 5 nitrogen and oxygen atoms in total. The summed E-state index contributed by atoms with van der Waals surface area (Å²) in [7, 11) is 0. The van der Waals surface area contributed by atoms with Crippen molar-refractivity contribution in [2.75, 3.05) is 11.4 Å². The normalized spacial score (nSPS) is 20.0. The summed E-state index contributed by atoms with van der Waals surface area (Å²) in [6.07, 6.45) is 3.64. The SMILES string of the molecule is O=C1CCN2c3c1cccc3C(=O)NC2c1cccnc1. The Bertz CT molecular complexity index is 728. The molecule has 0 fully saturated rings. The first kappa shape index (κ1) is 12.1. The highest BCUT2D eigenvalue weighted by Gasteiger charge is 2.37. The number of carbonyl (C=O) groups excluding carboxylic acids is 2. The molecule has 0 aliphatic carbocycles. The fourth-order valence-corrected chi connectivity index (χ4v) is 3.07. The molecule has 1 unspecified atom stereocenters. The summed E-state index contributed by atoms with van der Waals surface area (Å²) < 4.78 is 0. The summed E-state index contributed by atoms with van der Waals surface area (Å²) in [6, 6.07) is 9.10. The number of carbonyl (C=O) groups is 2. The summed E-state index contributed by atoms with van der Waals surface area (Å²) in [5.74, 6) is -0.0469. The van der Waals surface area contributed by atoms with Gasteiger partial charge in [0.25, 0.3) is 5.91 Å². The Balaban J connectivity index is 1.90. The van der Waals surface area contributed by atoms with Gasteiger partial charge < -0.3 is 10.2 Å². The van der Waals surface area contributed by atoms with E-state index in [1.807, 2.05) is 12.1 Å². The number of pyridine rings is 1. The summed E-state index contributed by atoms with van der Waals surface area (Å²) in [6.45, 7) is 0.600. The number of ketones is 1. The molecular weight excluding hydrogens is 266 g/mol. The maximum absolute atomic E-state index is 12.3. The lowest BCUT2D eigenvalue weighted by molar-refractivity contribution is 0.0921. The third-order valence-corrected chi connectivity index (χ3v) is 4.03. The highest BCUT2D eigenvalue weighted by molar-refractivity contribution is 6.11. The van der Waals surface area contributed by atoms with Crippen LogP contribution in [0.5, 0.6) is 0 Å². The van der Waals surface area contributed by atoms with Crippen molar-refractivity contribution in [2.45, 2.75) is 12.6 Å². The molecule has 1 aromatic carbocycles. The van der Waals surface area contributed by atoms with Crippen LogP contribution in [-0.2, 0) is 0 Å². The van der Waals surface area contributed by atoms with Crippen molar-refractivity contribution in [1.29, 1.82) is 0 Å². The van der Waals surface area contributed by atoms with E-state index in [-0.39, 0.29) is 17.9 Å². The molecule has 4 rings (SSSR count). The molecule has 1 amide bonds. The van der Waals surface area contributed by atoms with Gasteiger partial charge in [0, 0.05) is 36.5 Å². The molecule has 1 aromatic heterocycles. The van der Waals surface area contributed by atoms with Crippen molar-refractivity contribution in [2.24, 2.45) is 0 Å². The van der Waals surface area contributed by atoms with Crippen LogP contribution in [0.4, 0.5) is 5.69 Å². The minimum absolute atomic E-state index is 0.0998. The number of rotatable bonds is 1. The van der Waals surface area contributed by atoms with E-state index in [1.54, 1.807) is 30.6 Å². The van der Waals surface area contributed by atoms with Crippen LogP contribution in [0.2, 0.25) is 0 Å². The van der Waals surface area contributed by atoms with E-state index in [1.165, 1.54) is 0 Å². The number of Topliss-reactive ketones (excluding diaryl/α,β-unsaturated/α-hetero) is 1. The summed E-state index contributed by atoms with van der Waals surface area (Å²) in [5, 5.41) is 3.00. The van der Waals surface area contributed by atoms with Gasteiger partial charge in [-0.25, -0.2) is 0 Å². The van der Waals surface area contributed by atoms with Crippen molar-refractivity contribution < 1.29 is 9.59 Å². The van der Waals surface area contributed by atoms with Gasteiger partial charge in [0.05, 0.1) is 11.3 Å². The van der Waals surface area contributed by atoms with E-state index in [9.17, 15) is 9.59 Å². The van der Waals surface area contributed by atoms with E-state index >= 15 is 0 Å². The molecule has 0 saturated carbocycles. The van der Waals surface area contributed by atoms with Crippen LogP contribution >= 0.6 is 0 Å². The molecule has 3 heterocycles. The number of nitrogens with zero attached hydrogens (tertiary/aromatic N) is 2. The van der Waals surface area contributed by atoms with Crippen LogP contribution in [-0.4, -0.2) is 23.2 Å². The Kier molecular flexibility index (Phi) is 2.54. The fourth-order valence-electron chi connectivity index (χ4n) is 3.07. The maximum atomic E-state index is 12.3. The van der Waals surface area contributed by atoms with Gasteiger partial charge in [-0.15, -0.1) is 0 Å². The molecule has 1 atom stereocenters. The molecule has 1 N–H and O–H groups in total. The second-order valence-electron chi connectivity index (χ2n) is 5.23. The van der Waals surface area contributed by atoms with Crippen LogP contribution in [0.25, 0.3) is 0 Å². The van der Waals surface area contributed by atoms with E-state index in [2.05, 4.69) is 15.2 Å². The first-order chi connectivity index (χ1) is 10.3. The molecule has 2 aromatic rings. The number of hydrogen-bond acceptors (Lipinski definition) is 4. The van der Waals surface area contributed by atoms with Gasteiger partial charge in [0.2, 0.25) is 0 Å². The van der Waals surface area contributed by atoms with Crippen LogP contribution in [0.1, 0.15) is 38.9 Å². The molecule has 5 heteroatoms. The predicted octanol–water partition coefficient (Wildman–Crippen LogP) is 1.92. The maximum Gasteiger partial charge on any atom is 0.255 e. The van der Waals surface area contributed by atoms with Crippen LogP contribution < -0.4 is 10.2 Å².